The molecule has 0 aromatic carbocycles. The van der Waals surface area contributed by atoms with E-state index >= 15 is 0 Å². The van der Waals surface area contributed by atoms with Crippen LogP contribution in [0.3, 0.4) is 0 Å². The van der Waals surface area contributed by atoms with Gasteiger partial charge in [-0.3, -0.25) is 0 Å². The van der Waals surface area contributed by atoms with E-state index in [1.165, 1.54) is 25.7 Å². The van der Waals surface area contributed by atoms with Crippen molar-refractivity contribution < 1.29 is 9.90 Å². The van der Waals surface area contributed by atoms with Crippen molar-refractivity contribution in [2.75, 3.05) is 13.1 Å². The number of urea groups is 1. The molecule has 2 amide bonds. The number of rotatable bonds is 5. The minimum absolute atomic E-state index is 0.0610. The van der Waals surface area contributed by atoms with Crippen LogP contribution in [0.5, 0.6) is 0 Å². The Labute approximate surface area is 143 Å². The minimum Gasteiger partial charge on any atom is -0.385 e. The lowest BCUT2D eigenvalue weighted by molar-refractivity contribution is 0.0525. The smallest absolute Gasteiger partial charge is 0.317 e. The maximum absolute atomic E-state index is 12.7. The van der Waals surface area contributed by atoms with Crippen molar-refractivity contribution in [3.05, 3.63) is 18.2 Å². The maximum Gasteiger partial charge on any atom is 0.317 e. The summed E-state index contributed by atoms with van der Waals surface area (Å²) in [7, 11) is 1.90. The molecule has 132 valence electrons. The number of amides is 2. The van der Waals surface area contributed by atoms with Gasteiger partial charge in [-0.2, -0.15) is 0 Å². The number of carbonyl (C=O) groups is 1. The van der Waals surface area contributed by atoms with Crippen LogP contribution in [-0.2, 0) is 7.05 Å². The summed E-state index contributed by atoms with van der Waals surface area (Å²) in [6, 6.07) is 0.452. The Kier molecular flexibility index (Phi) is 4.24. The van der Waals surface area contributed by atoms with Crippen LogP contribution in [0.1, 0.15) is 50.5 Å². The van der Waals surface area contributed by atoms with Crippen LogP contribution in [0.4, 0.5) is 4.79 Å². The quantitative estimate of drug-likeness (QED) is 0.867. The first-order chi connectivity index (χ1) is 11.6. The van der Waals surface area contributed by atoms with Gasteiger partial charge in [-0.25, -0.2) is 9.78 Å². The number of hydrogen-bond donors (Lipinski definition) is 2. The fourth-order valence-corrected chi connectivity index (χ4v) is 4.09. The lowest BCUT2D eigenvalue weighted by Gasteiger charge is -2.36. The molecule has 3 aliphatic rings. The number of aromatic nitrogens is 2. The van der Waals surface area contributed by atoms with Gasteiger partial charge in [-0.15, -0.1) is 0 Å². The molecule has 1 saturated heterocycles. The molecule has 24 heavy (non-hydrogen) atoms. The molecule has 1 aliphatic heterocycles. The van der Waals surface area contributed by atoms with Gasteiger partial charge in [0, 0.05) is 44.5 Å². The standard InChI is InChI=1S/C18H28N4O2/c1-21-10-8-19-17(21)16(23)14-3-2-9-22(11-14)18(24)20-15(12-4-5-12)13-6-7-13/h8,10,12-16,23H,2-7,9,11H2,1H3,(H,20,24). The molecular weight excluding hydrogens is 304 g/mol. The Bertz CT molecular complexity index is 582. The van der Waals surface area contributed by atoms with Crippen LogP contribution in [-0.4, -0.2) is 44.7 Å². The number of likely N-dealkylation sites (tertiary alicyclic amines) is 1. The van der Waals surface area contributed by atoms with E-state index in [0.29, 0.717) is 30.2 Å². The van der Waals surface area contributed by atoms with Crippen LogP contribution in [0.2, 0.25) is 0 Å². The van der Waals surface area contributed by atoms with E-state index in [9.17, 15) is 9.90 Å². The molecule has 2 atom stereocenters. The average molecular weight is 332 g/mol. The molecule has 1 aromatic rings. The topological polar surface area (TPSA) is 70.4 Å². The zero-order valence-corrected chi connectivity index (χ0v) is 14.4. The predicted octanol–water partition coefficient (Wildman–Crippen LogP) is 2.06. The number of nitrogens with zero attached hydrogens (tertiary/aromatic N) is 3. The predicted molar refractivity (Wildman–Crippen MR) is 90.2 cm³/mol. The van der Waals surface area contributed by atoms with Crippen LogP contribution in [0.25, 0.3) is 0 Å². The highest BCUT2D eigenvalue weighted by Crippen LogP contribution is 2.44. The van der Waals surface area contributed by atoms with Crippen molar-refractivity contribution in [1.29, 1.82) is 0 Å². The second-order valence-electron chi connectivity index (χ2n) is 7.84. The van der Waals surface area contributed by atoms with Gasteiger partial charge in [0.1, 0.15) is 11.9 Å². The summed E-state index contributed by atoms with van der Waals surface area (Å²) < 4.78 is 1.86. The third-order valence-corrected chi connectivity index (χ3v) is 5.86. The van der Waals surface area contributed by atoms with Gasteiger partial charge < -0.3 is 19.9 Å². The lowest BCUT2D eigenvalue weighted by Crippen LogP contribution is -2.50. The van der Waals surface area contributed by atoms with Crippen molar-refractivity contribution in [2.24, 2.45) is 24.8 Å². The van der Waals surface area contributed by atoms with Crippen LogP contribution >= 0.6 is 0 Å². The molecule has 2 aliphatic carbocycles. The average Bonchev–Trinajstić information content (AvgIpc) is 3.51. The van der Waals surface area contributed by atoms with Gasteiger partial charge in [-0.05, 0) is 50.4 Å². The fraction of sp³-hybridized carbons (Fsp3) is 0.778. The Morgan fingerprint density at radius 2 is 1.96 bits per heavy atom. The van der Waals surface area contributed by atoms with Crippen molar-refractivity contribution in [3.63, 3.8) is 0 Å². The van der Waals surface area contributed by atoms with Crippen molar-refractivity contribution in [3.8, 4) is 0 Å². The molecule has 2 saturated carbocycles. The maximum atomic E-state index is 12.7. The molecule has 1 aromatic heterocycles. The van der Waals surface area contributed by atoms with Gasteiger partial charge >= 0.3 is 6.03 Å². The normalized spacial score (nSPS) is 25.8. The molecule has 6 heteroatoms. The van der Waals surface area contributed by atoms with E-state index in [-0.39, 0.29) is 11.9 Å². The summed E-state index contributed by atoms with van der Waals surface area (Å²) in [4.78, 5) is 18.9. The number of imidazole rings is 1. The highest BCUT2D eigenvalue weighted by molar-refractivity contribution is 5.74. The summed E-state index contributed by atoms with van der Waals surface area (Å²) in [6.45, 7) is 1.40. The van der Waals surface area contributed by atoms with Crippen LogP contribution in [0, 0.1) is 17.8 Å². The second-order valence-corrected chi connectivity index (χ2v) is 7.84. The summed E-state index contributed by atoms with van der Waals surface area (Å²) in [6.07, 6.45) is 9.89. The van der Waals surface area contributed by atoms with Gasteiger partial charge in [-0.1, -0.05) is 0 Å². The van der Waals surface area contributed by atoms with Crippen LogP contribution in [0.15, 0.2) is 12.4 Å². The number of nitrogens with one attached hydrogen (secondary N) is 1. The molecule has 0 spiro atoms. The summed E-state index contributed by atoms with van der Waals surface area (Å²) in [5.74, 6) is 2.17. The molecule has 0 bridgehead atoms. The number of carbonyl (C=O) groups excluding carboxylic acids is 1. The molecule has 3 fully saturated rings. The third kappa shape index (κ3) is 3.29. The molecular formula is C18H28N4O2. The number of piperidine rings is 1. The van der Waals surface area contributed by atoms with Crippen molar-refractivity contribution >= 4 is 6.03 Å². The first kappa shape index (κ1) is 15.9. The number of aryl methyl sites for hydroxylation is 1. The van der Waals surface area contributed by atoms with Gasteiger partial charge in [0.05, 0.1) is 0 Å². The van der Waals surface area contributed by atoms with Crippen LogP contribution < -0.4 is 5.32 Å². The van der Waals surface area contributed by atoms with Crippen molar-refractivity contribution in [2.45, 2.75) is 50.7 Å². The van der Waals surface area contributed by atoms with E-state index in [1.54, 1.807) is 6.20 Å². The molecule has 2 heterocycles. The van der Waals surface area contributed by atoms with Gasteiger partial charge in [0.2, 0.25) is 0 Å². The third-order valence-electron chi connectivity index (χ3n) is 5.86. The molecule has 4 rings (SSSR count). The second kappa shape index (κ2) is 6.39. The molecule has 0 radical (unpaired) electrons. The Balaban J connectivity index is 1.37. The largest absolute Gasteiger partial charge is 0.385 e. The molecule has 2 N–H and O–H groups in total. The first-order valence-electron chi connectivity index (χ1n) is 9.34. The number of aliphatic hydroxyl groups is 1. The van der Waals surface area contributed by atoms with E-state index in [4.69, 9.17) is 0 Å². The van der Waals surface area contributed by atoms with Gasteiger partial charge in [0.15, 0.2) is 0 Å². The summed E-state index contributed by atoms with van der Waals surface area (Å²) in [5, 5.41) is 14.0. The molecule has 6 nitrogen and oxygen atoms in total. The van der Waals surface area contributed by atoms with E-state index in [0.717, 1.165) is 19.4 Å². The lowest BCUT2D eigenvalue weighted by atomic mass is 9.92. The zero-order chi connectivity index (χ0) is 16.7. The SMILES string of the molecule is Cn1ccnc1C(O)C1CCCN(C(=O)NC(C2CC2)C2CC2)C1. The Hall–Kier alpha value is -1.56. The van der Waals surface area contributed by atoms with E-state index in [2.05, 4.69) is 10.3 Å². The minimum atomic E-state index is -0.608. The Morgan fingerprint density at radius 1 is 1.25 bits per heavy atom. The first-order valence-corrected chi connectivity index (χ1v) is 9.34. The van der Waals surface area contributed by atoms with E-state index < -0.39 is 6.10 Å². The summed E-state index contributed by atoms with van der Waals surface area (Å²) >= 11 is 0. The number of aliphatic hydroxyl groups excluding tert-OH is 1. The van der Waals surface area contributed by atoms with Crippen molar-refractivity contribution in [1.82, 2.24) is 19.8 Å². The zero-order valence-electron chi connectivity index (χ0n) is 14.4. The highest BCUT2D eigenvalue weighted by Gasteiger charge is 2.43. The highest BCUT2D eigenvalue weighted by atomic mass is 16.3. The summed E-state index contributed by atoms with van der Waals surface area (Å²) in [5.41, 5.74) is 0. The van der Waals surface area contributed by atoms with Gasteiger partial charge in [0.25, 0.3) is 0 Å². The monoisotopic (exact) mass is 332 g/mol. The fourth-order valence-electron chi connectivity index (χ4n) is 4.09. The number of hydrogen-bond acceptors (Lipinski definition) is 3. The molecule has 2 unspecified atom stereocenters. The Morgan fingerprint density at radius 3 is 2.54 bits per heavy atom. The van der Waals surface area contributed by atoms with E-state index in [1.807, 2.05) is 22.7 Å².